The Morgan fingerprint density at radius 2 is 2.13 bits per heavy atom. The molecule has 7 nitrogen and oxygen atoms in total. The molecule has 1 saturated heterocycles. The molecule has 2 aliphatic rings. The van der Waals surface area contributed by atoms with Crippen molar-refractivity contribution in [2.24, 2.45) is 0 Å². The second kappa shape index (κ2) is 9.19. The van der Waals surface area contributed by atoms with E-state index >= 15 is 0 Å². The number of hydrogen-bond acceptors (Lipinski definition) is 5. The van der Waals surface area contributed by atoms with Gasteiger partial charge < -0.3 is 9.88 Å². The van der Waals surface area contributed by atoms with E-state index in [1.807, 2.05) is 28.8 Å². The van der Waals surface area contributed by atoms with Crippen LogP contribution in [0.2, 0.25) is 0 Å². The summed E-state index contributed by atoms with van der Waals surface area (Å²) in [6, 6.07) is 14.3. The van der Waals surface area contributed by atoms with E-state index in [-0.39, 0.29) is 11.8 Å². The molecule has 1 amide bonds. The largest absolute Gasteiger partial charge is 0.324 e. The van der Waals surface area contributed by atoms with Crippen molar-refractivity contribution in [1.82, 2.24) is 14.5 Å². The van der Waals surface area contributed by atoms with Crippen molar-refractivity contribution in [2.75, 3.05) is 18.4 Å². The number of pyridine rings is 1. The number of carbonyl (C=O) groups excluding carboxylic acids is 2. The van der Waals surface area contributed by atoms with Crippen LogP contribution in [0.5, 0.6) is 0 Å². The number of piperidine rings is 1. The van der Waals surface area contributed by atoms with Crippen LogP contribution >= 0.6 is 0 Å². The van der Waals surface area contributed by atoms with Gasteiger partial charge in [0, 0.05) is 47.7 Å². The van der Waals surface area contributed by atoms with Crippen molar-refractivity contribution >= 4 is 28.8 Å². The standard InChI is InChI=1S/C30H26FN5O2/c1-30(18-32)25-6-4-19(11-26(25)34-29(30)38)14-35-10-2-3-20(15-35)24-16-36(28-13-33-9-8-23(24)28)27-7-5-22(31)12-21(27)17-37/h4-9,11-13,16-17,20H,2-3,10,14-15H2,1H3,(H,34,38). The van der Waals surface area contributed by atoms with Crippen LogP contribution in [0.4, 0.5) is 10.1 Å². The van der Waals surface area contributed by atoms with Gasteiger partial charge >= 0.3 is 0 Å². The normalized spacial score (nSPS) is 21.2. The lowest BCUT2D eigenvalue weighted by molar-refractivity contribution is -0.118. The van der Waals surface area contributed by atoms with E-state index in [1.54, 1.807) is 25.4 Å². The minimum atomic E-state index is -1.15. The number of carbonyl (C=O) groups is 2. The predicted octanol–water partition coefficient (Wildman–Crippen LogP) is 5.09. The van der Waals surface area contributed by atoms with Gasteiger partial charge in [0.15, 0.2) is 11.7 Å². The average Bonchev–Trinajstić information content (AvgIpc) is 3.43. The summed E-state index contributed by atoms with van der Waals surface area (Å²) < 4.78 is 15.7. The molecule has 0 spiro atoms. The molecule has 38 heavy (non-hydrogen) atoms. The van der Waals surface area contributed by atoms with Crippen LogP contribution in [0.1, 0.15) is 52.7 Å². The van der Waals surface area contributed by atoms with Crippen molar-refractivity contribution in [3.63, 3.8) is 0 Å². The number of amides is 1. The maximum absolute atomic E-state index is 13.8. The number of rotatable bonds is 5. The molecule has 190 valence electrons. The number of nitrogens with one attached hydrogen (secondary N) is 1. The third-order valence-corrected chi connectivity index (χ3v) is 7.91. The number of nitrogens with zero attached hydrogens (tertiary/aromatic N) is 4. The molecule has 2 unspecified atom stereocenters. The molecule has 0 radical (unpaired) electrons. The number of likely N-dealkylation sites (tertiary alicyclic amines) is 1. The lowest BCUT2D eigenvalue weighted by Crippen LogP contribution is -2.33. The number of benzene rings is 2. The summed E-state index contributed by atoms with van der Waals surface area (Å²) >= 11 is 0. The molecule has 0 aliphatic carbocycles. The van der Waals surface area contributed by atoms with E-state index in [9.17, 15) is 19.2 Å². The Bertz CT molecular complexity index is 1640. The molecule has 4 heterocycles. The highest BCUT2D eigenvalue weighted by Gasteiger charge is 2.43. The highest BCUT2D eigenvalue weighted by molar-refractivity contribution is 6.08. The smallest absolute Gasteiger partial charge is 0.249 e. The number of aldehydes is 1. The van der Waals surface area contributed by atoms with E-state index in [4.69, 9.17) is 0 Å². The fourth-order valence-corrected chi connectivity index (χ4v) is 5.89. The average molecular weight is 508 g/mol. The first kappa shape index (κ1) is 24.0. The lowest BCUT2D eigenvalue weighted by Gasteiger charge is -2.33. The van der Waals surface area contributed by atoms with E-state index in [0.29, 0.717) is 23.2 Å². The quantitative estimate of drug-likeness (QED) is 0.380. The summed E-state index contributed by atoms with van der Waals surface area (Å²) in [7, 11) is 0. The Kier molecular flexibility index (Phi) is 5.81. The van der Waals surface area contributed by atoms with Crippen LogP contribution < -0.4 is 5.32 Å². The van der Waals surface area contributed by atoms with Gasteiger partial charge in [0.2, 0.25) is 5.91 Å². The van der Waals surface area contributed by atoms with E-state index in [1.165, 1.54) is 17.7 Å². The number of fused-ring (bicyclic) bond motifs is 2. The first-order chi connectivity index (χ1) is 18.4. The van der Waals surface area contributed by atoms with Gasteiger partial charge in [-0.3, -0.25) is 19.5 Å². The third-order valence-electron chi connectivity index (χ3n) is 7.91. The SMILES string of the molecule is CC1(C#N)C(=O)Nc2cc(CN3CCCC(c4cn(-c5ccc(F)cc5C=O)c5cnccc45)C3)ccc21. The van der Waals surface area contributed by atoms with Gasteiger partial charge in [0.05, 0.1) is 23.5 Å². The molecule has 0 saturated carbocycles. The Morgan fingerprint density at radius 1 is 1.26 bits per heavy atom. The van der Waals surface area contributed by atoms with E-state index in [2.05, 4.69) is 27.5 Å². The second-order valence-corrected chi connectivity index (χ2v) is 10.3. The summed E-state index contributed by atoms with van der Waals surface area (Å²) in [5.41, 5.74) is 4.35. The van der Waals surface area contributed by atoms with Crippen LogP contribution in [0, 0.1) is 17.1 Å². The number of halogens is 1. The maximum atomic E-state index is 13.8. The van der Waals surface area contributed by atoms with Crippen LogP contribution in [-0.2, 0) is 16.8 Å². The van der Waals surface area contributed by atoms with Crippen molar-refractivity contribution < 1.29 is 14.0 Å². The maximum Gasteiger partial charge on any atom is 0.249 e. The summed E-state index contributed by atoms with van der Waals surface area (Å²) in [5.74, 6) is -0.460. The van der Waals surface area contributed by atoms with E-state index in [0.717, 1.165) is 54.5 Å². The molecule has 4 aromatic rings. The first-order valence-electron chi connectivity index (χ1n) is 12.7. The molecular weight excluding hydrogens is 481 g/mol. The van der Waals surface area contributed by atoms with Crippen molar-refractivity contribution in [3.05, 3.63) is 89.1 Å². The molecule has 1 fully saturated rings. The Morgan fingerprint density at radius 3 is 2.95 bits per heavy atom. The minimum Gasteiger partial charge on any atom is -0.324 e. The summed E-state index contributed by atoms with van der Waals surface area (Å²) in [4.78, 5) is 30.8. The van der Waals surface area contributed by atoms with Gasteiger partial charge in [-0.15, -0.1) is 0 Å². The fourth-order valence-electron chi connectivity index (χ4n) is 5.89. The van der Waals surface area contributed by atoms with Crippen LogP contribution in [0.15, 0.2) is 61.1 Å². The van der Waals surface area contributed by atoms with Gasteiger partial charge in [-0.1, -0.05) is 12.1 Å². The third kappa shape index (κ3) is 3.87. The molecule has 2 aromatic carbocycles. The molecule has 2 aromatic heterocycles. The molecule has 2 aliphatic heterocycles. The first-order valence-corrected chi connectivity index (χ1v) is 12.7. The summed E-state index contributed by atoms with van der Waals surface area (Å²) in [6.07, 6.45) is 8.37. The highest BCUT2D eigenvalue weighted by Crippen LogP contribution is 2.39. The Labute approximate surface area is 219 Å². The minimum absolute atomic E-state index is 0.269. The molecule has 1 N–H and O–H groups in total. The molecule has 8 heteroatoms. The fraction of sp³-hybridized carbons (Fsp3) is 0.267. The highest BCUT2D eigenvalue weighted by atomic mass is 19.1. The van der Waals surface area contributed by atoms with Gasteiger partial charge in [0.1, 0.15) is 5.82 Å². The van der Waals surface area contributed by atoms with Gasteiger partial charge in [-0.2, -0.15) is 5.26 Å². The Balaban J connectivity index is 1.29. The van der Waals surface area contributed by atoms with Crippen LogP contribution in [0.25, 0.3) is 16.6 Å². The van der Waals surface area contributed by atoms with E-state index < -0.39 is 11.2 Å². The molecule has 0 bridgehead atoms. The van der Waals surface area contributed by atoms with Gasteiger partial charge in [-0.05, 0) is 73.7 Å². The van der Waals surface area contributed by atoms with Crippen LogP contribution in [-0.4, -0.2) is 39.7 Å². The summed E-state index contributed by atoms with van der Waals surface area (Å²) in [5, 5.41) is 13.5. The zero-order valence-corrected chi connectivity index (χ0v) is 20.9. The zero-order valence-electron chi connectivity index (χ0n) is 20.9. The topological polar surface area (TPSA) is 91.0 Å². The lowest BCUT2D eigenvalue weighted by atomic mass is 9.85. The Hall–Kier alpha value is -4.35. The number of nitriles is 1. The van der Waals surface area contributed by atoms with Crippen molar-refractivity contribution in [2.45, 2.75) is 37.6 Å². The monoisotopic (exact) mass is 507 g/mol. The van der Waals surface area contributed by atoms with Crippen molar-refractivity contribution in [3.8, 4) is 11.8 Å². The number of aromatic nitrogens is 2. The second-order valence-electron chi connectivity index (χ2n) is 10.3. The van der Waals surface area contributed by atoms with Crippen molar-refractivity contribution in [1.29, 1.82) is 5.26 Å². The van der Waals surface area contributed by atoms with Crippen LogP contribution in [0.3, 0.4) is 0 Å². The van der Waals surface area contributed by atoms with Gasteiger partial charge in [-0.25, -0.2) is 4.39 Å². The molecule has 6 rings (SSSR count). The summed E-state index contributed by atoms with van der Waals surface area (Å²) in [6.45, 7) is 4.20. The zero-order chi connectivity index (χ0) is 26.4. The number of anilines is 1. The number of hydrogen-bond donors (Lipinski definition) is 1. The predicted molar refractivity (Wildman–Crippen MR) is 142 cm³/mol. The molecular formula is C30H26FN5O2. The van der Waals surface area contributed by atoms with Gasteiger partial charge in [0.25, 0.3) is 0 Å². The molecule has 2 atom stereocenters.